The fraction of sp³-hybridized carbons (Fsp3) is 0.375. The van der Waals surface area contributed by atoms with Crippen molar-refractivity contribution in [2.75, 3.05) is 18.0 Å². The van der Waals surface area contributed by atoms with Crippen molar-refractivity contribution in [2.24, 2.45) is 0 Å². The Morgan fingerprint density at radius 1 is 1.08 bits per heavy atom. The highest BCUT2D eigenvalue weighted by molar-refractivity contribution is 5.93. The first-order valence-corrected chi connectivity index (χ1v) is 8.13. The number of hydrogen-bond acceptors (Lipinski definition) is 7. The molecule has 0 bridgehead atoms. The minimum absolute atomic E-state index is 0.146. The lowest BCUT2D eigenvalue weighted by Crippen LogP contribution is -2.26. The van der Waals surface area contributed by atoms with Crippen LogP contribution in [-0.2, 0) is 0 Å². The standard InChI is InChI=1S/C16H20N8O/c1-5-22(6-2)14-17-15(23-9-7-8-10-23)19-16(18-14)24-11(3)13(12(4)25)20-21-24/h7-10H,5-6H2,1-4H3. The van der Waals surface area contributed by atoms with Gasteiger partial charge in [-0.1, -0.05) is 5.21 Å². The summed E-state index contributed by atoms with van der Waals surface area (Å²) in [7, 11) is 0. The van der Waals surface area contributed by atoms with Crippen LogP contribution in [0, 0.1) is 6.92 Å². The van der Waals surface area contributed by atoms with Crippen molar-refractivity contribution in [3.05, 3.63) is 35.9 Å². The highest BCUT2D eigenvalue weighted by Crippen LogP contribution is 2.15. The van der Waals surface area contributed by atoms with E-state index in [2.05, 4.69) is 25.3 Å². The summed E-state index contributed by atoms with van der Waals surface area (Å²) in [5.74, 6) is 1.22. The Bertz CT molecular complexity index is 880. The van der Waals surface area contributed by atoms with Crippen molar-refractivity contribution in [1.82, 2.24) is 34.5 Å². The minimum atomic E-state index is -0.146. The van der Waals surface area contributed by atoms with Crippen LogP contribution < -0.4 is 4.90 Å². The largest absolute Gasteiger partial charge is 0.341 e. The molecule has 0 radical (unpaired) electrons. The van der Waals surface area contributed by atoms with Gasteiger partial charge in [-0.3, -0.25) is 9.36 Å². The molecular weight excluding hydrogens is 320 g/mol. The molecule has 3 heterocycles. The van der Waals surface area contributed by atoms with Crippen LogP contribution in [0.5, 0.6) is 0 Å². The lowest BCUT2D eigenvalue weighted by atomic mass is 10.2. The van der Waals surface area contributed by atoms with E-state index < -0.39 is 0 Å². The maximum atomic E-state index is 11.7. The van der Waals surface area contributed by atoms with Gasteiger partial charge in [0.05, 0.1) is 5.69 Å². The van der Waals surface area contributed by atoms with Crippen molar-refractivity contribution >= 4 is 11.7 Å². The Hall–Kier alpha value is -3.10. The molecule has 0 unspecified atom stereocenters. The van der Waals surface area contributed by atoms with Crippen LogP contribution in [0.2, 0.25) is 0 Å². The minimum Gasteiger partial charge on any atom is -0.341 e. The second kappa shape index (κ2) is 6.80. The molecule has 9 heteroatoms. The monoisotopic (exact) mass is 340 g/mol. The van der Waals surface area contributed by atoms with Gasteiger partial charge in [0, 0.05) is 32.4 Å². The first kappa shape index (κ1) is 16.7. The number of carbonyl (C=O) groups is 1. The number of Topliss-reactive ketones (excluding diaryl/α,β-unsaturated/α-hetero) is 1. The molecule has 3 aromatic heterocycles. The molecule has 0 amide bonds. The van der Waals surface area contributed by atoms with Crippen LogP contribution in [0.1, 0.15) is 37.0 Å². The predicted molar refractivity (Wildman–Crippen MR) is 92.4 cm³/mol. The molecule has 0 aliphatic rings. The maximum Gasteiger partial charge on any atom is 0.258 e. The summed E-state index contributed by atoms with van der Waals surface area (Å²) in [5.41, 5.74) is 0.912. The van der Waals surface area contributed by atoms with E-state index in [1.165, 1.54) is 11.6 Å². The molecule has 0 aliphatic heterocycles. The molecule has 0 saturated heterocycles. The number of rotatable bonds is 6. The van der Waals surface area contributed by atoms with E-state index in [4.69, 9.17) is 0 Å². The van der Waals surface area contributed by atoms with Crippen molar-refractivity contribution in [2.45, 2.75) is 27.7 Å². The highest BCUT2D eigenvalue weighted by Gasteiger charge is 2.19. The van der Waals surface area contributed by atoms with E-state index in [-0.39, 0.29) is 5.78 Å². The van der Waals surface area contributed by atoms with Gasteiger partial charge in [-0.25, -0.2) is 0 Å². The van der Waals surface area contributed by atoms with E-state index in [0.717, 1.165) is 13.1 Å². The zero-order valence-electron chi connectivity index (χ0n) is 14.7. The molecule has 0 aliphatic carbocycles. The summed E-state index contributed by atoms with van der Waals surface area (Å²) in [6.45, 7) is 8.84. The molecule has 3 rings (SSSR count). The van der Waals surface area contributed by atoms with Crippen LogP contribution in [0.25, 0.3) is 11.9 Å². The Morgan fingerprint density at radius 2 is 1.72 bits per heavy atom. The molecule has 130 valence electrons. The van der Waals surface area contributed by atoms with Gasteiger partial charge < -0.3 is 4.90 Å². The van der Waals surface area contributed by atoms with Gasteiger partial charge in [0.1, 0.15) is 0 Å². The summed E-state index contributed by atoms with van der Waals surface area (Å²) in [5, 5.41) is 7.99. The Balaban J connectivity index is 2.17. The average molecular weight is 340 g/mol. The zero-order valence-corrected chi connectivity index (χ0v) is 14.7. The molecule has 25 heavy (non-hydrogen) atoms. The highest BCUT2D eigenvalue weighted by atomic mass is 16.1. The Kier molecular flexibility index (Phi) is 4.55. The van der Waals surface area contributed by atoms with Crippen molar-refractivity contribution in [3.8, 4) is 11.9 Å². The summed E-state index contributed by atoms with van der Waals surface area (Å²) in [6, 6.07) is 3.80. The smallest absolute Gasteiger partial charge is 0.258 e. The van der Waals surface area contributed by atoms with Crippen LogP contribution in [0.4, 0.5) is 5.95 Å². The average Bonchev–Trinajstić information content (AvgIpc) is 3.25. The van der Waals surface area contributed by atoms with Crippen LogP contribution >= 0.6 is 0 Å². The van der Waals surface area contributed by atoms with Crippen LogP contribution in [0.3, 0.4) is 0 Å². The van der Waals surface area contributed by atoms with Crippen molar-refractivity contribution in [1.29, 1.82) is 0 Å². The molecule has 0 saturated carbocycles. The number of nitrogens with zero attached hydrogens (tertiary/aromatic N) is 8. The van der Waals surface area contributed by atoms with Gasteiger partial charge in [0.25, 0.3) is 5.95 Å². The van der Waals surface area contributed by atoms with Gasteiger partial charge in [-0.2, -0.15) is 19.6 Å². The molecule has 0 spiro atoms. The molecule has 0 atom stereocenters. The molecule has 0 N–H and O–H groups in total. The second-order valence-corrected chi connectivity index (χ2v) is 5.49. The number of ketones is 1. The lowest BCUT2D eigenvalue weighted by molar-refractivity contribution is 0.101. The third-order valence-electron chi connectivity index (χ3n) is 3.90. The zero-order chi connectivity index (χ0) is 18.0. The van der Waals surface area contributed by atoms with E-state index in [1.54, 1.807) is 11.5 Å². The van der Waals surface area contributed by atoms with Gasteiger partial charge >= 0.3 is 0 Å². The third-order valence-corrected chi connectivity index (χ3v) is 3.90. The van der Waals surface area contributed by atoms with Crippen molar-refractivity contribution < 1.29 is 4.79 Å². The lowest BCUT2D eigenvalue weighted by Gasteiger charge is -2.19. The molecular formula is C16H20N8O. The van der Waals surface area contributed by atoms with Gasteiger partial charge in [-0.05, 0) is 32.9 Å². The van der Waals surface area contributed by atoms with Crippen LogP contribution in [-0.4, -0.2) is 53.4 Å². The number of hydrogen-bond donors (Lipinski definition) is 0. The molecule has 0 fully saturated rings. The molecule has 3 aromatic rings. The Morgan fingerprint density at radius 3 is 2.28 bits per heavy atom. The summed E-state index contributed by atoms with van der Waals surface area (Å²) < 4.78 is 3.27. The second-order valence-electron chi connectivity index (χ2n) is 5.49. The SMILES string of the molecule is CCN(CC)c1nc(-n2cccc2)nc(-n2nnc(C(C)=O)c2C)n1. The number of aromatic nitrogens is 7. The summed E-state index contributed by atoms with van der Waals surface area (Å²) >= 11 is 0. The fourth-order valence-corrected chi connectivity index (χ4v) is 2.51. The maximum absolute atomic E-state index is 11.7. The quantitative estimate of drug-likeness (QED) is 0.629. The topological polar surface area (TPSA) is 94.6 Å². The van der Waals surface area contributed by atoms with Gasteiger partial charge in [-0.15, -0.1) is 5.10 Å². The first-order chi connectivity index (χ1) is 12.0. The number of carbonyl (C=O) groups excluding carboxylic acids is 1. The number of anilines is 1. The molecule has 9 nitrogen and oxygen atoms in total. The van der Waals surface area contributed by atoms with Crippen molar-refractivity contribution in [3.63, 3.8) is 0 Å². The van der Waals surface area contributed by atoms with E-state index in [0.29, 0.717) is 29.2 Å². The Labute approximate surface area is 145 Å². The summed E-state index contributed by atoms with van der Waals surface area (Å²) in [6.07, 6.45) is 3.72. The summed E-state index contributed by atoms with van der Waals surface area (Å²) in [4.78, 5) is 27.3. The first-order valence-electron chi connectivity index (χ1n) is 8.13. The fourth-order valence-electron chi connectivity index (χ4n) is 2.51. The molecule has 0 aromatic carbocycles. The van der Waals surface area contributed by atoms with E-state index in [9.17, 15) is 4.79 Å². The van der Waals surface area contributed by atoms with Crippen LogP contribution in [0.15, 0.2) is 24.5 Å². The van der Waals surface area contributed by atoms with E-state index in [1.807, 2.05) is 43.3 Å². The van der Waals surface area contributed by atoms with Gasteiger partial charge in [0.2, 0.25) is 11.9 Å². The van der Waals surface area contributed by atoms with E-state index >= 15 is 0 Å². The van der Waals surface area contributed by atoms with Gasteiger partial charge in [0.15, 0.2) is 11.5 Å². The predicted octanol–water partition coefficient (Wildman–Crippen LogP) is 1.60. The normalized spacial score (nSPS) is 10.9. The third kappa shape index (κ3) is 3.12.